The lowest BCUT2D eigenvalue weighted by molar-refractivity contribution is -0.119. The monoisotopic (exact) mass is 494 g/mol. The summed E-state index contributed by atoms with van der Waals surface area (Å²) in [7, 11) is 4.67. The summed E-state index contributed by atoms with van der Waals surface area (Å²) in [6.45, 7) is 1.93. The maximum Gasteiger partial charge on any atom is 0.340 e. The molecule has 2 amide bonds. The third-order valence-corrected chi connectivity index (χ3v) is 6.91. The van der Waals surface area contributed by atoms with Crippen molar-refractivity contribution in [2.24, 2.45) is 0 Å². The van der Waals surface area contributed by atoms with E-state index in [1.807, 2.05) is 17.5 Å². The topological polar surface area (TPSA) is 94.2 Å². The second kappa shape index (κ2) is 10.2. The molecule has 1 aliphatic rings. The van der Waals surface area contributed by atoms with Crippen LogP contribution in [0.4, 0.5) is 5.69 Å². The van der Waals surface area contributed by atoms with Crippen LogP contribution in [-0.2, 0) is 9.53 Å². The predicted molar refractivity (Wildman–Crippen MR) is 132 cm³/mol. The normalized spacial score (nSPS) is 16.9. The zero-order valence-corrected chi connectivity index (χ0v) is 20.7. The Balaban J connectivity index is 1.84. The Labute approximate surface area is 207 Å². The molecule has 0 saturated heterocycles. The Morgan fingerprint density at radius 3 is 2.43 bits per heavy atom. The van der Waals surface area contributed by atoms with E-state index < -0.39 is 17.9 Å². The first-order valence-electron chi connectivity index (χ1n) is 11.0. The summed E-state index contributed by atoms with van der Waals surface area (Å²) in [4.78, 5) is 42.2. The number of para-hydroxylation sites is 1. The van der Waals surface area contributed by atoms with Crippen molar-refractivity contribution >= 4 is 34.8 Å². The molecule has 0 radical (unpaired) electrons. The Morgan fingerprint density at radius 1 is 1.06 bits per heavy atom. The number of amides is 2. The van der Waals surface area contributed by atoms with Crippen molar-refractivity contribution in [3.05, 3.63) is 75.5 Å². The van der Waals surface area contributed by atoms with E-state index in [9.17, 15) is 14.4 Å². The van der Waals surface area contributed by atoms with Gasteiger partial charge >= 0.3 is 5.97 Å². The summed E-state index contributed by atoms with van der Waals surface area (Å²) < 4.78 is 16.0. The van der Waals surface area contributed by atoms with Crippen LogP contribution in [-0.4, -0.2) is 50.6 Å². The van der Waals surface area contributed by atoms with E-state index in [-0.39, 0.29) is 24.0 Å². The van der Waals surface area contributed by atoms with Crippen LogP contribution in [0, 0.1) is 0 Å². The number of thiophene rings is 1. The number of benzene rings is 2. The molecule has 3 aromatic rings. The highest BCUT2D eigenvalue weighted by atomic mass is 32.1. The molecular formula is C26H26N2O6S. The van der Waals surface area contributed by atoms with Gasteiger partial charge in [-0.25, -0.2) is 4.79 Å². The van der Waals surface area contributed by atoms with Crippen LogP contribution in [0.3, 0.4) is 0 Å². The van der Waals surface area contributed by atoms with E-state index >= 15 is 0 Å². The van der Waals surface area contributed by atoms with Gasteiger partial charge in [-0.3, -0.25) is 9.59 Å². The summed E-state index contributed by atoms with van der Waals surface area (Å²) in [5, 5.41) is 4.81. The van der Waals surface area contributed by atoms with Crippen molar-refractivity contribution in [3.8, 4) is 11.5 Å². The number of anilines is 1. The molecule has 35 heavy (non-hydrogen) atoms. The molecular weight excluding hydrogens is 468 g/mol. The molecule has 0 spiro atoms. The number of esters is 1. The molecule has 0 aliphatic carbocycles. The summed E-state index contributed by atoms with van der Waals surface area (Å²) >= 11 is 1.47. The van der Waals surface area contributed by atoms with E-state index in [0.29, 0.717) is 28.3 Å². The van der Waals surface area contributed by atoms with Gasteiger partial charge in [0, 0.05) is 17.5 Å². The number of likely N-dealkylation sites (N-methyl/N-ethyl adjacent to an activating group) is 1. The van der Waals surface area contributed by atoms with Gasteiger partial charge in [-0.1, -0.05) is 18.2 Å². The van der Waals surface area contributed by atoms with Crippen LogP contribution in [0.1, 0.15) is 50.0 Å². The number of hydrogen-bond acceptors (Lipinski definition) is 7. The third-order valence-electron chi connectivity index (χ3n) is 5.97. The molecule has 1 N–H and O–H groups in total. The highest BCUT2D eigenvalue weighted by Gasteiger charge is 2.44. The molecule has 182 valence electrons. The standard InChI is InChI=1S/C26H26N2O6S/c1-5-34-26(31)15-9-6-7-10-18(15)27-24(29)22-16-13-19(32-3)20(33-4)14-17(16)25(30)28(2)23(22)21-11-8-12-35-21/h6-14,22-23H,5H2,1-4H3,(H,27,29)/t22-,23+/m1/s1. The van der Waals surface area contributed by atoms with Crippen molar-refractivity contribution in [2.75, 3.05) is 33.2 Å². The zero-order chi connectivity index (χ0) is 25.1. The first-order valence-corrected chi connectivity index (χ1v) is 11.9. The number of carbonyl (C=O) groups excluding carboxylic acids is 3. The number of methoxy groups -OCH3 is 2. The van der Waals surface area contributed by atoms with Gasteiger partial charge in [0.25, 0.3) is 5.91 Å². The Hall–Kier alpha value is -3.85. The molecule has 2 aromatic carbocycles. The minimum atomic E-state index is -0.776. The maximum absolute atomic E-state index is 13.9. The van der Waals surface area contributed by atoms with Crippen molar-refractivity contribution in [3.63, 3.8) is 0 Å². The van der Waals surface area contributed by atoms with Gasteiger partial charge in [-0.15, -0.1) is 11.3 Å². The molecule has 0 unspecified atom stereocenters. The van der Waals surface area contributed by atoms with E-state index in [1.54, 1.807) is 55.3 Å². The summed E-state index contributed by atoms with van der Waals surface area (Å²) in [5.74, 6) is -1.08. The molecule has 2 heterocycles. The molecule has 8 nitrogen and oxygen atoms in total. The highest BCUT2D eigenvalue weighted by Crippen LogP contribution is 2.47. The molecule has 9 heteroatoms. The first-order chi connectivity index (χ1) is 16.9. The van der Waals surface area contributed by atoms with Crippen molar-refractivity contribution in [2.45, 2.75) is 18.9 Å². The van der Waals surface area contributed by atoms with Gasteiger partial charge in [-0.2, -0.15) is 0 Å². The van der Waals surface area contributed by atoms with Gasteiger partial charge in [0.1, 0.15) is 0 Å². The molecule has 2 atom stereocenters. The lowest BCUT2D eigenvalue weighted by atomic mass is 9.81. The number of nitrogens with one attached hydrogen (secondary N) is 1. The number of rotatable bonds is 7. The van der Waals surface area contributed by atoms with Crippen LogP contribution in [0.15, 0.2) is 53.9 Å². The van der Waals surface area contributed by atoms with E-state index in [0.717, 1.165) is 4.88 Å². The average molecular weight is 495 g/mol. The number of ether oxygens (including phenoxy) is 3. The van der Waals surface area contributed by atoms with E-state index in [1.165, 1.54) is 25.6 Å². The van der Waals surface area contributed by atoms with Crippen LogP contribution in [0.25, 0.3) is 0 Å². The number of nitrogens with zero attached hydrogens (tertiary/aromatic N) is 1. The number of carbonyl (C=O) groups is 3. The Morgan fingerprint density at radius 2 is 1.77 bits per heavy atom. The van der Waals surface area contributed by atoms with Gasteiger partial charge in [0.05, 0.1) is 44.0 Å². The van der Waals surface area contributed by atoms with Crippen LogP contribution < -0.4 is 14.8 Å². The molecule has 0 bridgehead atoms. The number of fused-ring (bicyclic) bond motifs is 1. The van der Waals surface area contributed by atoms with Gasteiger partial charge in [-0.05, 0) is 48.2 Å². The van der Waals surface area contributed by atoms with Crippen LogP contribution >= 0.6 is 11.3 Å². The molecule has 0 fully saturated rings. The second-order valence-electron chi connectivity index (χ2n) is 7.90. The average Bonchev–Trinajstić information content (AvgIpc) is 3.40. The zero-order valence-electron chi connectivity index (χ0n) is 19.9. The van der Waals surface area contributed by atoms with E-state index in [4.69, 9.17) is 14.2 Å². The molecule has 1 aliphatic heterocycles. The van der Waals surface area contributed by atoms with Crippen molar-refractivity contribution < 1.29 is 28.6 Å². The molecule has 0 saturated carbocycles. The minimum absolute atomic E-state index is 0.214. The fourth-order valence-corrected chi connectivity index (χ4v) is 5.24. The van der Waals surface area contributed by atoms with Crippen LogP contribution in [0.5, 0.6) is 11.5 Å². The van der Waals surface area contributed by atoms with Crippen molar-refractivity contribution in [1.82, 2.24) is 4.90 Å². The number of hydrogen-bond donors (Lipinski definition) is 1. The highest BCUT2D eigenvalue weighted by molar-refractivity contribution is 7.10. The van der Waals surface area contributed by atoms with Gasteiger partial charge < -0.3 is 24.4 Å². The van der Waals surface area contributed by atoms with Gasteiger partial charge in [0.2, 0.25) is 5.91 Å². The first kappa shape index (κ1) is 24.3. The van der Waals surface area contributed by atoms with Gasteiger partial charge in [0.15, 0.2) is 11.5 Å². The fraction of sp³-hybridized carbons (Fsp3) is 0.269. The fourth-order valence-electron chi connectivity index (χ4n) is 4.34. The summed E-state index contributed by atoms with van der Waals surface area (Å²) in [6, 6.07) is 13.2. The quantitative estimate of drug-likeness (QED) is 0.487. The SMILES string of the molecule is CCOC(=O)c1ccccc1NC(=O)[C@@H]1c2cc(OC)c(OC)cc2C(=O)N(C)[C@H]1c1cccs1. The molecule has 1 aromatic heterocycles. The Kier molecular flexibility index (Phi) is 7.07. The largest absolute Gasteiger partial charge is 0.493 e. The molecule has 4 rings (SSSR count). The summed E-state index contributed by atoms with van der Waals surface area (Å²) in [6.07, 6.45) is 0. The van der Waals surface area contributed by atoms with Crippen molar-refractivity contribution in [1.29, 1.82) is 0 Å². The summed E-state index contributed by atoms with van der Waals surface area (Å²) in [5.41, 5.74) is 1.47. The second-order valence-corrected chi connectivity index (χ2v) is 8.88. The third kappa shape index (κ3) is 4.46. The van der Waals surface area contributed by atoms with Crippen LogP contribution in [0.2, 0.25) is 0 Å². The predicted octanol–water partition coefficient (Wildman–Crippen LogP) is 4.49. The Bertz CT molecular complexity index is 1260. The maximum atomic E-state index is 13.9. The minimum Gasteiger partial charge on any atom is -0.493 e. The lowest BCUT2D eigenvalue weighted by Gasteiger charge is -2.39. The van der Waals surface area contributed by atoms with E-state index in [2.05, 4.69) is 5.32 Å². The lowest BCUT2D eigenvalue weighted by Crippen LogP contribution is -2.43. The smallest absolute Gasteiger partial charge is 0.340 e.